The smallest absolute Gasteiger partial charge is 0.0287 e. The fraction of sp³-hybridized carbons (Fsp3) is 0.957. The Hall–Kier alpha value is -0.340. The molecule has 48 heavy (non-hydrogen) atoms. The van der Waals surface area contributed by atoms with Crippen LogP contribution in [0.1, 0.15) is 186 Å². The van der Waals surface area contributed by atoms with E-state index < -0.39 is 0 Å². The third-order valence-electron chi connectivity index (χ3n) is 18.4. The van der Waals surface area contributed by atoms with Crippen LogP contribution in [0.3, 0.4) is 0 Å². The van der Waals surface area contributed by atoms with Gasteiger partial charge in [-0.1, -0.05) is 102 Å². The van der Waals surface area contributed by atoms with E-state index in [1.165, 1.54) is 83.5 Å². The molecule has 13 atom stereocenters. The third-order valence-corrected chi connectivity index (χ3v) is 18.4. The van der Waals surface area contributed by atoms with E-state index in [9.17, 15) is 0 Å². The van der Waals surface area contributed by atoms with E-state index in [0.29, 0.717) is 0 Å². The zero-order valence-electron chi connectivity index (χ0n) is 31.1. The Bertz CT molecular complexity index is 1130. The van der Waals surface area contributed by atoms with Gasteiger partial charge in [0.2, 0.25) is 0 Å². The number of allylic oxidation sites excluding steroid dienone is 1. The van der Waals surface area contributed by atoms with Crippen LogP contribution in [-0.4, -0.2) is 46.1 Å². The van der Waals surface area contributed by atoms with Crippen molar-refractivity contribution in [2.45, 2.75) is 222 Å². The number of likely N-dealkylation sites (tertiary alicyclic amines) is 2. The van der Waals surface area contributed by atoms with Gasteiger partial charge in [-0.2, -0.15) is 0 Å². The molecule has 2 heteroatoms. The fourth-order valence-corrected chi connectivity index (χ4v) is 17.0. The second-order valence-electron chi connectivity index (χ2n) is 20.1. The molecule has 0 bridgehead atoms. The normalized spacial score (nSPS) is 49.3. The lowest BCUT2D eigenvalue weighted by Gasteiger charge is -2.54. The second kappa shape index (κ2) is 13.9. The van der Waals surface area contributed by atoms with Crippen molar-refractivity contribution in [3.05, 3.63) is 11.6 Å². The van der Waals surface area contributed by atoms with Crippen LogP contribution in [0.15, 0.2) is 11.6 Å². The lowest BCUT2D eigenvalue weighted by atomic mass is 9.58. The van der Waals surface area contributed by atoms with Crippen molar-refractivity contribution in [2.75, 3.05) is 0 Å². The van der Waals surface area contributed by atoms with Crippen LogP contribution in [0.25, 0.3) is 0 Å². The summed E-state index contributed by atoms with van der Waals surface area (Å²) in [7, 11) is 0. The van der Waals surface area contributed by atoms with Gasteiger partial charge in [0.05, 0.1) is 0 Å². The van der Waals surface area contributed by atoms with Crippen LogP contribution in [0.4, 0.5) is 0 Å². The Morgan fingerprint density at radius 3 is 1.58 bits per heavy atom. The Morgan fingerprint density at radius 2 is 0.875 bits per heavy atom. The summed E-state index contributed by atoms with van der Waals surface area (Å²) in [6.07, 6.45) is 47.6. The molecule has 10 rings (SSSR count). The third kappa shape index (κ3) is 5.50. The van der Waals surface area contributed by atoms with Crippen LogP contribution < -0.4 is 0 Å². The molecule has 0 aromatic rings. The van der Waals surface area contributed by atoms with Crippen molar-refractivity contribution in [2.24, 2.45) is 53.3 Å². The summed E-state index contributed by atoms with van der Waals surface area (Å²) in [5.74, 6) is 9.39. The first-order valence-corrected chi connectivity index (χ1v) is 23.1. The summed E-state index contributed by atoms with van der Waals surface area (Å²) in [4.78, 5) is 6.80. The minimum atomic E-state index is 0.783. The van der Waals surface area contributed by atoms with E-state index >= 15 is 0 Å². The Kier molecular flexibility index (Phi) is 9.36. The monoisotopic (exact) mass is 655 g/mol. The number of nitrogens with zero attached hydrogens (tertiary/aromatic N) is 2. The Balaban J connectivity index is 0.951. The largest absolute Gasteiger partial charge is 0.294 e. The van der Waals surface area contributed by atoms with E-state index in [1.54, 1.807) is 103 Å². The summed E-state index contributed by atoms with van der Waals surface area (Å²) >= 11 is 0. The Morgan fingerprint density at radius 1 is 0.354 bits per heavy atom. The predicted octanol–water partition coefficient (Wildman–Crippen LogP) is 11.7. The summed E-state index contributed by atoms with van der Waals surface area (Å²) in [6, 6.07) is 5.47. The van der Waals surface area contributed by atoms with Crippen LogP contribution in [0, 0.1) is 53.3 Å². The van der Waals surface area contributed by atoms with Gasteiger partial charge < -0.3 is 0 Å². The zero-order valence-corrected chi connectivity index (χ0v) is 31.1. The topological polar surface area (TPSA) is 6.48 Å². The van der Waals surface area contributed by atoms with E-state index in [0.717, 1.165) is 89.5 Å². The average molecular weight is 655 g/mol. The molecule has 2 aliphatic heterocycles. The van der Waals surface area contributed by atoms with Gasteiger partial charge in [0.15, 0.2) is 0 Å². The molecule has 2 nitrogen and oxygen atoms in total. The number of rotatable bonds is 4. The first-order chi connectivity index (χ1) is 23.8. The highest BCUT2D eigenvalue weighted by atomic mass is 15.3. The van der Waals surface area contributed by atoms with Gasteiger partial charge in [-0.3, -0.25) is 9.80 Å². The van der Waals surface area contributed by atoms with Gasteiger partial charge in [-0.15, -0.1) is 0 Å². The maximum Gasteiger partial charge on any atom is 0.0287 e. The summed E-state index contributed by atoms with van der Waals surface area (Å²) < 4.78 is 0. The van der Waals surface area contributed by atoms with Gasteiger partial charge in [-0.25, -0.2) is 0 Å². The first kappa shape index (κ1) is 32.3. The molecule has 9 fully saturated rings. The van der Waals surface area contributed by atoms with Crippen LogP contribution in [0.5, 0.6) is 0 Å². The van der Waals surface area contributed by atoms with Gasteiger partial charge in [-0.05, 0) is 150 Å². The molecular formula is C46H74N2. The number of hydrogen-bond acceptors (Lipinski definition) is 2. The minimum absolute atomic E-state index is 0.783. The lowest BCUT2D eigenvalue weighted by molar-refractivity contribution is -0.0505. The molecule has 0 radical (unpaired) electrons. The average Bonchev–Trinajstić information content (AvgIpc) is 3.68. The molecule has 13 unspecified atom stereocenters. The fourth-order valence-electron chi connectivity index (χ4n) is 17.0. The molecule has 2 saturated heterocycles. The number of fused-ring (bicyclic) bond motifs is 8. The summed E-state index contributed by atoms with van der Waals surface area (Å²) in [5, 5.41) is 0. The summed E-state index contributed by atoms with van der Waals surface area (Å²) in [5.41, 5.74) is 1.93. The van der Waals surface area contributed by atoms with Gasteiger partial charge in [0, 0.05) is 36.3 Å². The maximum atomic E-state index is 3.47. The van der Waals surface area contributed by atoms with E-state index in [1.807, 2.05) is 5.57 Å². The molecule has 10 aliphatic rings. The molecule has 8 aliphatic carbocycles. The molecule has 2 heterocycles. The molecule has 7 saturated carbocycles. The number of hydrogen-bond donors (Lipinski definition) is 0. The Labute approximate surface area is 296 Å². The van der Waals surface area contributed by atoms with Crippen LogP contribution in [0.2, 0.25) is 0 Å². The van der Waals surface area contributed by atoms with Crippen molar-refractivity contribution in [3.63, 3.8) is 0 Å². The highest BCUT2D eigenvalue weighted by Crippen LogP contribution is 2.62. The van der Waals surface area contributed by atoms with Gasteiger partial charge in [0.25, 0.3) is 0 Å². The van der Waals surface area contributed by atoms with Crippen molar-refractivity contribution >= 4 is 0 Å². The SMILES string of the molecule is C1=C(C2CCCCC2)CCCC1N1C2CCCCC2C2C3C4CCCCC4N(C4CCC(C5CCCCC5)C5CCCCC54)C3CCC21. The maximum absolute atomic E-state index is 3.47. The van der Waals surface area contributed by atoms with E-state index in [2.05, 4.69) is 15.9 Å². The van der Waals surface area contributed by atoms with Crippen LogP contribution in [-0.2, 0) is 0 Å². The van der Waals surface area contributed by atoms with Crippen LogP contribution >= 0.6 is 0 Å². The minimum Gasteiger partial charge on any atom is -0.294 e. The first-order valence-electron chi connectivity index (χ1n) is 23.1. The van der Waals surface area contributed by atoms with E-state index in [4.69, 9.17) is 0 Å². The van der Waals surface area contributed by atoms with Crippen molar-refractivity contribution in [1.82, 2.24) is 9.80 Å². The molecule has 0 spiro atoms. The molecule has 0 amide bonds. The van der Waals surface area contributed by atoms with Crippen molar-refractivity contribution in [3.8, 4) is 0 Å². The van der Waals surface area contributed by atoms with E-state index in [-0.39, 0.29) is 0 Å². The second-order valence-corrected chi connectivity index (χ2v) is 20.1. The van der Waals surface area contributed by atoms with Gasteiger partial charge >= 0.3 is 0 Å². The quantitative estimate of drug-likeness (QED) is 0.278. The zero-order chi connectivity index (χ0) is 31.6. The highest BCUT2D eigenvalue weighted by Gasteiger charge is 2.64. The molecule has 0 N–H and O–H groups in total. The van der Waals surface area contributed by atoms with Gasteiger partial charge in [0.1, 0.15) is 0 Å². The van der Waals surface area contributed by atoms with Crippen molar-refractivity contribution < 1.29 is 0 Å². The lowest BCUT2D eigenvalue weighted by Crippen LogP contribution is -2.56. The molecular weight excluding hydrogens is 581 g/mol. The predicted molar refractivity (Wildman–Crippen MR) is 200 cm³/mol. The molecule has 0 aromatic carbocycles. The molecule has 268 valence electrons. The van der Waals surface area contributed by atoms with Crippen molar-refractivity contribution in [1.29, 1.82) is 0 Å². The highest BCUT2D eigenvalue weighted by molar-refractivity contribution is 5.21. The summed E-state index contributed by atoms with van der Waals surface area (Å²) in [6.45, 7) is 0. The standard InChI is InChI=1S/C46H74N2/c1-3-14-31(15-4-1)33-18-13-19-34(30-33)47-40-24-11-9-22-38(40)45-43(47)28-29-44-46(45)39-23-10-12-25-41(39)48(44)42-27-26-35(32-16-5-2-6-17-32)36-20-7-8-21-37(36)42/h30-32,34-46H,1-29H2. The molecule has 0 aromatic heterocycles.